The lowest BCUT2D eigenvalue weighted by molar-refractivity contribution is -0.178. The maximum absolute atomic E-state index is 13.7. The molecule has 1 aliphatic rings. The van der Waals surface area contributed by atoms with E-state index < -0.39 is 60.5 Å². The van der Waals surface area contributed by atoms with E-state index in [2.05, 4.69) is 5.32 Å². The van der Waals surface area contributed by atoms with Crippen molar-refractivity contribution < 1.29 is 36.6 Å². The van der Waals surface area contributed by atoms with Crippen LogP contribution in [0.1, 0.15) is 43.2 Å². The summed E-state index contributed by atoms with van der Waals surface area (Å²) in [6.45, 7) is 0.870. The molecule has 0 spiro atoms. The highest BCUT2D eigenvalue weighted by Gasteiger charge is 2.58. The van der Waals surface area contributed by atoms with Crippen molar-refractivity contribution in [1.29, 1.82) is 0 Å². The van der Waals surface area contributed by atoms with Crippen LogP contribution in [0, 0.1) is 5.92 Å². The van der Waals surface area contributed by atoms with E-state index in [1.165, 1.54) is 42.5 Å². The molecule has 0 radical (unpaired) electrons. The molecule has 34 heavy (non-hydrogen) atoms. The summed E-state index contributed by atoms with van der Waals surface area (Å²) in [5.41, 5.74) is -1.21. The second-order valence-electron chi connectivity index (χ2n) is 8.60. The number of hydrogen-bond acceptors (Lipinski definition) is 2. The fourth-order valence-corrected chi connectivity index (χ4v) is 4.64. The monoisotopic (exact) mass is 523 g/mol. The van der Waals surface area contributed by atoms with Gasteiger partial charge in [0.15, 0.2) is 0 Å². The van der Waals surface area contributed by atoms with E-state index in [-0.39, 0.29) is 26.9 Å². The van der Waals surface area contributed by atoms with Crippen molar-refractivity contribution in [1.82, 2.24) is 0 Å². The zero-order chi connectivity index (χ0) is 25.5. The molecule has 11 heteroatoms. The minimum atomic E-state index is -4.70. The fraction of sp³-hybridized carbons (Fsp3) is 0.391. The molecule has 1 unspecified atom stereocenters. The van der Waals surface area contributed by atoms with E-state index in [1.54, 1.807) is 0 Å². The Hall–Kier alpha value is -2.39. The van der Waals surface area contributed by atoms with Crippen molar-refractivity contribution in [3.63, 3.8) is 0 Å². The lowest BCUT2D eigenvalue weighted by Crippen LogP contribution is -2.50. The second kappa shape index (κ2) is 9.34. The van der Waals surface area contributed by atoms with Gasteiger partial charge in [-0.3, -0.25) is 9.59 Å². The number of carboxylic acids is 1. The van der Waals surface area contributed by atoms with Gasteiger partial charge in [0.05, 0.1) is 29.0 Å². The first-order valence-corrected chi connectivity index (χ1v) is 10.9. The summed E-state index contributed by atoms with van der Waals surface area (Å²) < 4.78 is 68.0. The molecule has 0 bridgehead atoms. The second-order valence-corrected chi connectivity index (χ2v) is 9.45. The molecule has 184 valence electrons. The van der Waals surface area contributed by atoms with E-state index in [1.807, 2.05) is 0 Å². The number of benzene rings is 2. The zero-order valence-electron chi connectivity index (χ0n) is 17.7. The summed E-state index contributed by atoms with van der Waals surface area (Å²) in [4.78, 5) is 24.4. The van der Waals surface area contributed by atoms with Crippen molar-refractivity contribution in [2.45, 2.75) is 49.6 Å². The molecule has 0 heterocycles. The van der Waals surface area contributed by atoms with Gasteiger partial charge in [-0.2, -0.15) is 13.2 Å². The van der Waals surface area contributed by atoms with Gasteiger partial charge in [0.1, 0.15) is 0 Å². The number of rotatable bonds is 7. The number of carbonyl (C=O) groups excluding carboxylic acids is 1. The van der Waals surface area contributed by atoms with Crippen molar-refractivity contribution >= 4 is 40.8 Å². The van der Waals surface area contributed by atoms with Gasteiger partial charge in [-0.15, -0.1) is 0 Å². The highest BCUT2D eigenvalue weighted by Crippen LogP contribution is 2.56. The summed E-state index contributed by atoms with van der Waals surface area (Å²) in [5.74, 6) is -9.06. The van der Waals surface area contributed by atoms with E-state index >= 15 is 0 Å². The molecule has 2 N–H and O–H groups in total. The van der Waals surface area contributed by atoms with Crippen LogP contribution in [0.5, 0.6) is 0 Å². The summed E-state index contributed by atoms with van der Waals surface area (Å²) in [6, 6.07) is 9.26. The topological polar surface area (TPSA) is 66.4 Å². The summed E-state index contributed by atoms with van der Waals surface area (Å²) in [6.07, 6.45) is -6.69. The number of anilines is 1. The Bertz CT molecular complexity index is 1080. The third-order valence-corrected chi connectivity index (χ3v) is 6.63. The highest BCUT2D eigenvalue weighted by atomic mass is 35.5. The van der Waals surface area contributed by atoms with Crippen LogP contribution in [0.3, 0.4) is 0 Å². The molecule has 0 aliphatic heterocycles. The molecule has 0 saturated heterocycles. The quantitative estimate of drug-likeness (QED) is 0.382. The van der Waals surface area contributed by atoms with Gasteiger partial charge in [0.2, 0.25) is 11.8 Å². The van der Waals surface area contributed by atoms with Gasteiger partial charge in [-0.25, -0.2) is 8.78 Å². The van der Waals surface area contributed by atoms with Gasteiger partial charge in [0, 0.05) is 23.3 Å². The van der Waals surface area contributed by atoms with Gasteiger partial charge in [-0.1, -0.05) is 48.3 Å². The average molecular weight is 524 g/mol. The molecule has 2 atom stereocenters. The van der Waals surface area contributed by atoms with Crippen molar-refractivity contribution in [3.05, 3.63) is 63.6 Å². The molecule has 0 aromatic heterocycles. The molecule has 3 rings (SSSR count). The molecule has 1 saturated carbocycles. The van der Waals surface area contributed by atoms with E-state index in [0.717, 1.165) is 6.92 Å². The van der Waals surface area contributed by atoms with Crippen LogP contribution in [0.25, 0.3) is 0 Å². The smallest absolute Gasteiger partial charge is 0.392 e. The first-order valence-electron chi connectivity index (χ1n) is 10.2. The number of alkyl halides is 5. The number of halogens is 7. The van der Waals surface area contributed by atoms with Crippen LogP contribution in [-0.2, 0) is 15.0 Å². The Balaban J connectivity index is 1.96. The lowest BCUT2D eigenvalue weighted by atomic mass is 9.60. The number of carbonyl (C=O) groups is 2. The SMILES string of the molecule is CC([C@H](C(=O)Nc1cc(C2(CC(=O)O)CC(F)(F)C2)ccc1Cl)c1ccc(Cl)cc1)C(F)(F)F. The summed E-state index contributed by atoms with van der Waals surface area (Å²) >= 11 is 12.0. The molecular formula is C23H20Cl2F5NO3. The molecular weight excluding hydrogens is 504 g/mol. The fourth-order valence-electron chi connectivity index (χ4n) is 4.35. The van der Waals surface area contributed by atoms with Crippen molar-refractivity contribution in [3.8, 4) is 0 Å². The average Bonchev–Trinajstić information content (AvgIpc) is 2.68. The van der Waals surface area contributed by atoms with Gasteiger partial charge >= 0.3 is 12.1 Å². The van der Waals surface area contributed by atoms with Crippen LogP contribution < -0.4 is 5.32 Å². The lowest BCUT2D eigenvalue weighted by Gasteiger charge is -2.47. The third kappa shape index (κ3) is 5.63. The van der Waals surface area contributed by atoms with Crippen LogP contribution >= 0.6 is 23.2 Å². The van der Waals surface area contributed by atoms with Crippen LogP contribution in [-0.4, -0.2) is 29.1 Å². The van der Waals surface area contributed by atoms with Crippen molar-refractivity contribution in [2.75, 3.05) is 5.32 Å². The summed E-state index contributed by atoms with van der Waals surface area (Å²) in [5, 5.41) is 11.8. The Morgan fingerprint density at radius 3 is 2.18 bits per heavy atom. The number of nitrogens with one attached hydrogen (secondary N) is 1. The number of hydrogen-bond donors (Lipinski definition) is 2. The summed E-state index contributed by atoms with van der Waals surface area (Å²) in [7, 11) is 0. The number of carboxylic acid groups (broad SMARTS) is 1. The van der Waals surface area contributed by atoms with Crippen LogP contribution in [0.4, 0.5) is 27.6 Å². The largest absolute Gasteiger partial charge is 0.481 e. The van der Waals surface area contributed by atoms with E-state index in [9.17, 15) is 36.6 Å². The Kier molecular flexibility index (Phi) is 7.20. The normalized spacial score (nSPS) is 18.5. The Morgan fingerprint density at radius 1 is 1.09 bits per heavy atom. The van der Waals surface area contributed by atoms with Crippen molar-refractivity contribution in [2.24, 2.45) is 5.92 Å². The molecule has 1 fully saturated rings. The maximum atomic E-state index is 13.7. The predicted octanol–water partition coefficient (Wildman–Crippen LogP) is 7.06. The number of amides is 1. The third-order valence-electron chi connectivity index (χ3n) is 6.05. The Morgan fingerprint density at radius 2 is 1.68 bits per heavy atom. The minimum absolute atomic E-state index is 0.0387. The molecule has 2 aromatic rings. The highest BCUT2D eigenvalue weighted by molar-refractivity contribution is 6.33. The van der Waals surface area contributed by atoms with Crippen LogP contribution in [0.2, 0.25) is 10.0 Å². The zero-order valence-corrected chi connectivity index (χ0v) is 19.2. The minimum Gasteiger partial charge on any atom is -0.481 e. The predicted molar refractivity (Wildman–Crippen MR) is 118 cm³/mol. The van der Waals surface area contributed by atoms with E-state index in [0.29, 0.717) is 0 Å². The molecule has 2 aromatic carbocycles. The van der Waals surface area contributed by atoms with E-state index in [4.69, 9.17) is 23.2 Å². The van der Waals surface area contributed by atoms with Crippen LogP contribution in [0.15, 0.2) is 42.5 Å². The first-order chi connectivity index (χ1) is 15.6. The molecule has 4 nitrogen and oxygen atoms in total. The van der Waals surface area contributed by atoms with Gasteiger partial charge in [0.25, 0.3) is 0 Å². The van der Waals surface area contributed by atoms with Gasteiger partial charge < -0.3 is 10.4 Å². The molecule has 1 aliphatic carbocycles. The Labute approximate surface area is 202 Å². The first kappa shape index (κ1) is 26.2. The standard InChI is InChI=1S/C23H20Cl2F5NO3/c1-12(23(28,29)30)19(13-2-5-15(24)6-3-13)20(34)31-17-8-14(4-7-16(17)25)21(9-18(32)33)10-22(26,27)11-21/h2-8,12,19H,9-11H2,1H3,(H,31,34)(H,32,33)/t12?,19-/m0/s1. The molecule has 1 amide bonds. The number of aliphatic carboxylic acids is 1. The van der Waals surface area contributed by atoms with Gasteiger partial charge in [-0.05, 0) is 35.4 Å². The maximum Gasteiger partial charge on any atom is 0.392 e.